The summed E-state index contributed by atoms with van der Waals surface area (Å²) in [6, 6.07) is 6.63. The van der Waals surface area contributed by atoms with Crippen molar-refractivity contribution in [2.45, 2.75) is 13.0 Å². The van der Waals surface area contributed by atoms with Gasteiger partial charge in [0, 0.05) is 5.39 Å². The summed E-state index contributed by atoms with van der Waals surface area (Å²) in [5.74, 6) is -11.5. The molecule has 0 aliphatic carbocycles. The van der Waals surface area contributed by atoms with Crippen molar-refractivity contribution in [1.29, 1.82) is 0 Å². The fourth-order valence-corrected chi connectivity index (χ4v) is 2.18. The minimum Gasteiger partial charge on any atom is -0.460 e. The maximum Gasteiger partial charge on any atom is 0.312 e. The lowest BCUT2D eigenvalue weighted by atomic mass is 10.1. The van der Waals surface area contributed by atoms with E-state index in [0.29, 0.717) is 11.0 Å². The molecule has 0 aliphatic rings. The standard InChI is InChI=1S/C16H8F5NO3/c17-12-8(13(18)15(20)16(21)14(12)19)6-24-11(23)5-9-7-3-1-2-4-10(7)25-22-9/h1-4H,5-6H2. The maximum absolute atomic E-state index is 13.5. The van der Waals surface area contributed by atoms with E-state index in [0.717, 1.165) is 0 Å². The van der Waals surface area contributed by atoms with Crippen LogP contribution in [-0.2, 0) is 22.6 Å². The van der Waals surface area contributed by atoms with Crippen molar-refractivity contribution in [3.63, 3.8) is 0 Å². The Morgan fingerprint density at radius 2 is 1.56 bits per heavy atom. The molecule has 3 aromatic rings. The van der Waals surface area contributed by atoms with E-state index in [1.807, 2.05) is 0 Å². The second kappa shape index (κ2) is 6.50. The average molecular weight is 357 g/mol. The first kappa shape index (κ1) is 16.9. The summed E-state index contributed by atoms with van der Waals surface area (Å²) in [5, 5.41) is 4.21. The normalized spacial score (nSPS) is 11.1. The fourth-order valence-electron chi connectivity index (χ4n) is 2.18. The van der Waals surface area contributed by atoms with Crippen molar-refractivity contribution in [3.05, 3.63) is 64.6 Å². The average Bonchev–Trinajstić information content (AvgIpc) is 3.01. The van der Waals surface area contributed by atoms with Gasteiger partial charge in [-0.3, -0.25) is 4.79 Å². The summed E-state index contributed by atoms with van der Waals surface area (Å²) < 4.78 is 75.7. The molecule has 3 rings (SSSR count). The van der Waals surface area contributed by atoms with Gasteiger partial charge in [-0.2, -0.15) is 0 Å². The predicted octanol–water partition coefficient (Wildman–Crippen LogP) is 3.81. The highest BCUT2D eigenvalue weighted by Crippen LogP contribution is 2.24. The number of hydrogen-bond acceptors (Lipinski definition) is 4. The Labute approximate surface area is 136 Å². The molecule has 0 aliphatic heterocycles. The van der Waals surface area contributed by atoms with Gasteiger partial charge in [0.15, 0.2) is 28.9 Å². The zero-order chi connectivity index (χ0) is 18.1. The van der Waals surface area contributed by atoms with Gasteiger partial charge in [0.05, 0.1) is 12.0 Å². The van der Waals surface area contributed by atoms with Gasteiger partial charge < -0.3 is 9.26 Å². The number of halogens is 5. The Kier molecular flexibility index (Phi) is 4.39. The zero-order valence-electron chi connectivity index (χ0n) is 12.3. The third-order valence-corrected chi connectivity index (χ3v) is 3.44. The molecule has 0 radical (unpaired) electrons. The molecular formula is C16H8F5NO3. The van der Waals surface area contributed by atoms with E-state index >= 15 is 0 Å². The van der Waals surface area contributed by atoms with Gasteiger partial charge in [-0.15, -0.1) is 0 Å². The summed E-state index contributed by atoms with van der Waals surface area (Å²) in [6.45, 7) is -1.11. The van der Waals surface area contributed by atoms with Gasteiger partial charge >= 0.3 is 5.97 Å². The van der Waals surface area contributed by atoms with E-state index in [2.05, 4.69) is 9.89 Å². The number of esters is 1. The lowest BCUT2D eigenvalue weighted by Gasteiger charge is -2.08. The topological polar surface area (TPSA) is 52.3 Å². The maximum atomic E-state index is 13.5. The van der Waals surface area contributed by atoms with E-state index in [1.165, 1.54) is 0 Å². The smallest absolute Gasteiger partial charge is 0.312 e. The summed E-state index contributed by atoms with van der Waals surface area (Å²) in [5.41, 5.74) is -0.585. The Morgan fingerprint density at radius 3 is 2.24 bits per heavy atom. The van der Waals surface area contributed by atoms with Gasteiger partial charge in [0.2, 0.25) is 5.82 Å². The molecule has 25 heavy (non-hydrogen) atoms. The second-order valence-corrected chi connectivity index (χ2v) is 5.01. The second-order valence-electron chi connectivity index (χ2n) is 5.01. The molecule has 4 nitrogen and oxygen atoms in total. The molecule has 1 aromatic heterocycles. The molecule has 0 atom stereocenters. The van der Waals surface area contributed by atoms with E-state index in [9.17, 15) is 26.7 Å². The highest BCUT2D eigenvalue weighted by molar-refractivity contribution is 5.84. The lowest BCUT2D eigenvalue weighted by molar-refractivity contribution is -0.144. The Bertz CT molecular complexity index is 941. The molecule has 130 valence electrons. The first-order chi connectivity index (χ1) is 11.9. The highest BCUT2D eigenvalue weighted by Gasteiger charge is 2.26. The summed E-state index contributed by atoms with van der Waals surface area (Å²) >= 11 is 0. The van der Waals surface area contributed by atoms with Crippen LogP contribution in [0.15, 0.2) is 28.8 Å². The Hall–Kier alpha value is -2.97. The van der Waals surface area contributed by atoms with Crippen LogP contribution in [0, 0.1) is 29.1 Å². The highest BCUT2D eigenvalue weighted by atomic mass is 19.2. The van der Waals surface area contributed by atoms with Crippen molar-refractivity contribution >= 4 is 16.9 Å². The van der Waals surface area contributed by atoms with E-state index in [4.69, 9.17) is 4.52 Å². The minimum absolute atomic E-state index is 0.220. The SMILES string of the molecule is O=C(Cc1noc2ccccc12)OCc1c(F)c(F)c(F)c(F)c1F. The third kappa shape index (κ3) is 3.04. The number of carbonyl (C=O) groups excluding carboxylic acids is 1. The van der Waals surface area contributed by atoms with Gasteiger partial charge in [-0.25, -0.2) is 22.0 Å². The molecule has 0 bridgehead atoms. The number of para-hydroxylation sites is 1. The van der Waals surface area contributed by atoms with Crippen molar-refractivity contribution in [3.8, 4) is 0 Å². The van der Waals surface area contributed by atoms with Crippen LogP contribution in [0.4, 0.5) is 22.0 Å². The number of carbonyl (C=O) groups is 1. The molecule has 0 amide bonds. The van der Waals surface area contributed by atoms with Crippen molar-refractivity contribution in [2.75, 3.05) is 0 Å². The number of rotatable bonds is 4. The summed E-state index contributed by atoms with van der Waals surface area (Å²) in [6.07, 6.45) is -0.396. The van der Waals surface area contributed by atoms with E-state index < -0.39 is 53.6 Å². The number of nitrogens with zero attached hydrogens (tertiary/aromatic N) is 1. The van der Waals surface area contributed by atoms with Crippen LogP contribution < -0.4 is 0 Å². The van der Waals surface area contributed by atoms with Gasteiger partial charge in [0.25, 0.3) is 0 Å². The largest absolute Gasteiger partial charge is 0.460 e. The van der Waals surface area contributed by atoms with Gasteiger partial charge in [-0.05, 0) is 12.1 Å². The predicted molar refractivity (Wildman–Crippen MR) is 73.7 cm³/mol. The summed E-state index contributed by atoms with van der Waals surface area (Å²) in [4.78, 5) is 11.8. The van der Waals surface area contributed by atoms with Crippen LogP contribution >= 0.6 is 0 Å². The molecule has 1 heterocycles. The molecule has 2 aromatic carbocycles. The van der Waals surface area contributed by atoms with E-state index in [-0.39, 0.29) is 5.69 Å². The molecule has 9 heteroatoms. The molecule has 0 unspecified atom stereocenters. The molecule has 0 N–H and O–H groups in total. The van der Waals surface area contributed by atoms with Crippen LogP contribution in [0.1, 0.15) is 11.3 Å². The quantitative estimate of drug-likeness (QED) is 0.308. The van der Waals surface area contributed by atoms with Crippen LogP contribution in [0.2, 0.25) is 0 Å². The van der Waals surface area contributed by atoms with Crippen LogP contribution in [0.3, 0.4) is 0 Å². The van der Waals surface area contributed by atoms with Gasteiger partial charge in [0.1, 0.15) is 12.3 Å². The van der Waals surface area contributed by atoms with Crippen LogP contribution in [0.25, 0.3) is 11.0 Å². The summed E-state index contributed by atoms with van der Waals surface area (Å²) in [7, 11) is 0. The molecule has 0 fully saturated rings. The lowest BCUT2D eigenvalue weighted by Crippen LogP contribution is -2.13. The minimum atomic E-state index is -2.28. The zero-order valence-corrected chi connectivity index (χ0v) is 12.3. The monoisotopic (exact) mass is 357 g/mol. The van der Waals surface area contributed by atoms with Crippen molar-refractivity contribution in [1.82, 2.24) is 5.16 Å². The third-order valence-electron chi connectivity index (χ3n) is 3.44. The Balaban J connectivity index is 1.75. The van der Waals surface area contributed by atoms with Crippen molar-refractivity contribution < 1.29 is 36.0 Å². The number of aromatic nitrogens is 1. The van der Waals surface area contributed by atoms with Crippen molar-refractivity contribution in [2.24, 2.45) is 0 Å². The van der Waals surface area contributed by atoms with E-state index in [1.54, 1.807) is 24.3 Å². The number of benzene rings is 2. The van der Waals surface area contributed by atoms with Gasteiger partial charge in [-0.1, -0.05) is 17.3 Å². The Morgan fingerprint density at radius 1 is 0.960 bits per heavy atom. The van der Waals surface area contributed by atoms with Crippen LogP contribution in [-0.4, -0.2) is 11.1 Å². The molecule has 0 saturated heterocycles. The number of hydrogen-bond donors (Lipinski definition) is 0. The molecule has 0 spiro atoms. The molecular weight excluding hydrogens is 349 g/mol. The number of fused-ring (bicyclic) bond motifs is 1. The number of ether oxygens (including phenoxy) is 1. The molecule has 0 saturated carbocycles. The first-order valence-corrected chi connectivity index (χ1v) is 6.89. The van der Waals surface area contributed by atoms with Crippen LogP contribution in [0.5, 0.6) is 0 Å². The fraction of sp³-hybridized carbons (Fsp3) is 0.125. The first-order valence-electron chi connectivity index (χ1n) is 6.89.